The fourth-order valence-electron chi connectivity index (χ4n) is 1.43. The standard InChI is InChI=1S/C11H18N2O2/c1-3-11(14)13-15-7-9-8(2)5-4-6-10(9)12/h6H,3-5,7,12H2,1-2H3,(H,13,14). The number of carbonyl (C=O) groups is 1. The minimum atomic E-state index is -0.119. The van der Waals surface area contributed by atoms with E-state index in [1.165, 1.54) is 5.57 Å². The first-order valence-electron chi connectivity index (χ1n) is 5.20. The monoisotopic (exact) mass is 210 g/mol. The van der Waals surface area contributed by atoms with E-state index in [9.17, 15) is 4.79 Å². The van der Waals surface area contributed by atoms with Crippen LogP contribution in [0.25, 0.3) is 0 Å². The summed E-state index contributed by atoms with van der Waals surface area (Å²) in [6.45, 7) is 4.16. The highest BCUT2D eigenvalue weighted by Gasteiger charge is 2.11. The van der Waals surface area contributed by atoms with E-state index in [1.807, 2.05) is 13.0 Å². The fraction of sp³-hybridized carbons (Fsp3) is 0.545. The molecule has 0 unspecified atom stereocenters. The summed E-state index contributed by atoms with van der Waals surface area (Å²) in [5, 5.41) is 0. The van der Waals surface area contributed by atoms with Crippen molar-refractivity contribution in [1.29, 1.82) is 0 Å². The number of amides is 1. The number of rotatable bonds is 4. The van der Waals surface area contributed by atoms with Crippen molar-refractivity contribution in [3.63, 3.8) is 0 Å². The molecule has 0 radical (unpaired) electrons. The van der Waals surface area contributed by atoms with Crippen LogP contribution >= 0.6 is 0 Å². The quantitative estimate of drug-likeness (QED) is 0.689. The van der Waals surface area contributed by atoms with Gasteiger partial charge in [0.2, 0.25) is 5.91 Å². The molecule has 0 spiro atoms. The van der Waals surface area contributed by atoms with Gasteiger partial charge >= 0.3 is 0 Å². The van der Waals surface area contributed by atoms with E-state index in [2.05, 4.69) is 5.48 Å². The Kier molecular flexibility index (Phi) is 4.37. The van der Waals surface area contributed by atoms with Crippen molar-refractivity contribution < 1.29 is 9.63 Å². The normalized spacial score (nSPS) is 16.3. The van der Waals surface area contributed by atoms with Gasteiger partial charge in [0.15, 0.2) is 0 Å². The van der Waals surface area contributed by atoms with E-state index >= 15 is 0 Å². The van der Waals surface area contributed by atoms with Gasteiger partial charge in [0.25, 0.3) is 0 Å². The highest BCUT2D eigenvalue weighted by molar-refractivity contribution is 5.74. The van der Waals surface area contributed by atoms with Crippen LogP contribution in [0.4, 0.5) is 0 Å². The van der Waals surface area contributed by atoms with Crippen molar-refractivity contribution in [3.05, 3.63) is 22.9 Å². The molecule has 4 heteroatoms. The highest BCUT2D eigenvalue weighted by atomic mass is 16.6. The van der Waals surface area contributed by atoms with Gasteiger partial charge in [-0.3, -0.25) is 9.63 Å². The number of hydrogen-bond donors (Lipinski definition) is 2. The van der Waals surface area contributed by atoms with Crippen LogP contribution in [-0.4, -0.2) is 12.5 Å². The summed E-state index contributed by atoms with van der Waals surface area (Å²) in [7, 11) is 0. The van der Waals surface area contributed by atoms with E-state index in [0.29, 0.717) is 13.0 Å². The summed E-state index contributed by atoms with van der Waals surface area (Å²) >= 11 is 0. The van der Waals surface area contributed by atoms with E-state index < -0.39 is 0 Å². The first-order chi connectivity index (χ1) is 7.15. The van der Waals surface area contributed by atoms with E-state index in [4.69, 9.17) is 10.6 Å². The second kappa shape index (κ2) is 5.56. The lowest BCUT2D eigenvalue weighted by Gasteiger charge is -2.17. The molecular formula is C11H18N2O2. The molecule has 1 aliphatic carbocycles. The van der Waals surface area contributed by atoms with Gasteiger partial charge in [0.1, 0.15) is 6.61 Å². The maximum absolute atomic E-state index is 10.9. The SMILES string of the molecule is CCC(=O)NOCC1=C(C)CCC=C1N. The maximum Gasteiger partial charge on any atom is 0.243 e. The molecule has 4 nitrogen and oxygen atoms in total. The summed E-state index contributed by atoms with van der Waals surface area (Å²) in [6, 6.07) is 0. The minimum absolute atomic E-state index is 0.119. The molecule has 1 aliphatic rings. The first-order valence-corrected chi connectivity index (χ1v) is 5.20. The predicted molar refractivity (Wildman–Crippen MR) is 58.6 cm³/mol. The molecular weight excluding hydrogens is 192 g/mol. The van der Waals surface area contributed by atoms with Gasteiger partial charge in [-0.05, 0) is 19.8 Å². The van der Waals surface area contributed by atoms with E-state index in [-0.39, 0.29) is 5.91 Å². The summed E-state index contributed by atoms with van der Waals surface area (Å²) < 4.78 is 0. The second-order valence-electron chi connectivity index (χ2n) is 3.62. The van der Waals surface area contributed by atoms with E-state index in [1.54, 1.807) is 6.92 Å². The topological polar surface area (TPSA) is 64.3 Å². The zero-order chi connectivity index (χ0) is 11.3. The maximum atomic E-state index is 10.9. The van der Waals surface area contributed by atoms with Gasteiger partial charge < -0.3 is 5.73 Å². The van der Waals surface area contributed by atoms with Crippen molar-refractivity contribution in [2.75, 3.05) is 6.61 Å². The van der Waals surface area contributed by atoms with Crippen molar-refractivity contribution in [2.45, 2.75) is 33.1 Å². The third-order valence-corrected chi connectivity index (χ3v) is 2.47. The number of hydroxylamine groups is 1. The average molecular weight is 210 g/mol. The van der Waals surface area contributed by atoms with Gasteiger partial charge in [-0.25, -0.2) is 5.48 Å². The molecule has 0 aromatic heterocycles. The Balaban J connectivity index is 2.44. The molecule has 3 N–H and O–H groups in total. The Morgan fingerprint density at radius 1 is 1.67 bits per heavy atom. The molecule has 1 rings (SSSR count). The van der Waals surface area contributed by atoms with Crippen molar-refractivity contribution >= 4 is 5.91 Å². The summed E-state index contributed by atoms with van der Waals surface area (Å²) in [5.74, 6) is -0.119. The van der Waals surface area contributed by atoms with Crippen LogP contribution in [0.5, 0.6) is 0 Å². The van der Waals surface area contributed by atoms with Gasteiger partial charge in [-0.1, -0.05) is 18.6 Å². The average Bonchev–Trinajstić information content (AvgIpc) is 2.22. The van der Waals surface area contributed by atoms with Crippen molar-refractivity contribution in [1.82, 2.24) is 5.48 Å². The molecule has 0 aromatic carbocycles. The molecule has 0 aromatic rings. The third kappa shape index (κ3) is 3.40. The Morgan fingerprint density at radius 3 is 3.00 bits per heavy atom. The second-order valence-corrected chi connectivity index (χ2v) is 3.62. The fourth-order valence-corrected chi connectivity index (χ4v) is 1.43. The summed E-state index contributed by atoms with van der Waals surface area (Å²) in [4.78, 5) is 16.0. The lowest BCUT2D eigenvalue weighted by Crippen LogP contribution is -2.25. The number of nitrogens with two attached hydrogens (primary N) is 1. The van der Waals surface area contributed by atoms with Crippen LogP contribution in [0.3, 0.4) is 0 Å². The molecule has 0 atom stereocenters. The van der Waals surface area contributed by atoms with Crippen molar-refractivity contribution in [2.24, 2.45) is 5.73 Å². The molecule has 0 fully saturated rings. The molecule has 84 valence electrons. The molecule has 0 saturated heterocycles. The highest BCUT2D eigenvalue weighted by Crippen LogP contribution is 2.21. The van der Waals surface area contributed by atoms with Gasteiger partial charge in [0, 0.05) is 17.7 Å². The van der Waals surface area contributed by atoms with Gasteiger partial charge in [0.05, 0.1) is 0 Å². The number of carbonyl (C=O) groups excluding carboxylic acids is 1. The van der Waals surface area contributed by atoms with Crippen LogP contribution in [0, 0.1) is 0 Å². The number of hydrogen-bond acceptors (Lipinski definition) is 3. The Morgan fingerprint density at radius 2 is 2.40 bits per heavy atom. The van der Waals surface area contributed by atoms with Crippen LogP contribution in [0.1, 0.15) is 33.1 Å². The first kappa shape index (κ1) is 11.8. The largest absolute Gasteiger partial charge is 0.399 e. The Labute approximate surface area is 90.1 Å². The number of allylic oxidation sites excluding steroid dienone is 2. The molecule has 0 bridgehead atoms. The third-order valence-electron chi connectivity index (χ3n) is 2.47. The van der Waals surface area contributed by atoms with Crippen LogP contribution in [0.2, 0.25) is 0 Å². The lowest BCUT2D eigenvalue weighted by atomic mass is 9.97. The zero-order valence-electron chi connectivity index (χ0n) is 9.30. The van der Waals surface area contributed by atoms with Gasteiger partial charge in [-0.15, -0.1) is 0 Å². The molecule has 0 aliphatic heterocycles. The lowest BCUT2D eigenvalue weighted by molar-refractivity contribution is -0.132. The van der Waals surface area contributed by atoms with E-state index in [0.717, 1.165) is 24.1 Å². The van der Waals surface area contributed by atoms with Gasteiger partial charge in [-0.2, -0.15) is 0 Å². The van der Waals surface area contributed by atoms with Crippen molar-refractivity contribution in [3.8, 4) is 0 Å². The summed E-state index contributed by atoms with van der Waals surface area (Å²) in [6.07, 6.45) is 4.42. The molecule has 15 heavy (non-hydrogen) atoms. The predicted octanol–water partition coefficient (Wildman–Crippen LogP) is 1.40. The molecule has 1 amide bonds. The molecule has 0 saturated carbocycles. The number of nitrogens with one attached hydrogen (secondary N) is 1. The zero-order valence-corrected chi connectivity index (χ0v) is 9.30. The van der Waals surface area contributed by atoms with Crippen LogP contribution in [0.15, 0.2) is 22.9 Å². The van der Waals surface area contributed by atoms with Crippen LogP contribution in [-0.2, 0) is 9.63 Å². The Bertz CT molecular complexity index is 306. The Hall–Kier alpha value is -1.29. The smallest absolute Gasteiger partial charge is 0.243 e. The molecule has 0 heterocycles. The van der Waals surface area contributed by atoms with Crippen LogP contribution < -0.4 is 11.2 Å². The minimum Gasteiger partial charge on any atom is -0.399 e. The summed E-state index contributed by atoms with van der Waals surface area (Å²) in [5.41, 5.74) is 11.2.